The van der Waals surface area contributed by atoms with E-state index in [9.17, 15) is 36.0 Å². The molecule has 2 fully saturated rings. The van der Waals surface area contributed by atoms with Gasteiger partial charge >= 0.3 is 12.1 Å². The van der Waals surface area contributed by atoms with Gasteiger partial charge in [-0.2, -0.15) is 0 Å². The van der Waals surface area contributed by atoms with Crippen LogP contribution in [0.5, 0.6) is 11.5 Å². The molecule has 4 aromatic carbocycles. The van der Waals surface area contributed by atoms with Crippen molar-refractivity contribution in [3.63, 3.8) is 0 Å². The molecular formula is C61H86N12O10S2. The van der Waals surface area contributed by atoms with Gasteiger partial charge in [0.1, 0.15) is 11.4 Å². The van der Waals surface area contributed by atoms with E-state index in [1.807, 2.05) is 144 Å². The number of piperazine rings is 2. The molecule has 2 saturated heterocycles. The van der Waals surface area contributed by atoms with Crippen molar-refractivity contribution < 1.29 is 45.5 Å². The molecule has 22 nitrogen and oxygen atoms in total. The number of hydrogen-bond acceptors (Lipinski definition) is 12. The molecule has 6 amide bonds. The minimum atomic E-state index is -3.60. The van der Waals surface area contributed by atoms with Gasteiger partial charge in [0, 0.05) is 103 Å². The molecule has 0 saturated carbocycles. The summed E-state index contributed by atoms with van der Waals surface area (Å²) in [6, 6.07) is 22.9. The van der Waals surface area contributed by atoms with Gasteiger partial charge in [0.2, 0.25) is 20.0 Å². The van der Waals surface area contributed by atoms with Gasteiger partial charge in [0.15, 0.2) is 11.5 Å². The van der Waals surface area contributed by atoms with Crippen molar-refractivity contribution in [2.45, 2.75) is 92.3 Å². The Labute approximate surface area is 501 Å². The average Bonchev–Trinajstić information content (AvgIpc) is 2.15. The predicted molar refractivity (Wildman–Crippen MR) is 339 cm³/mol. The van der Waals surface area contributed by atoms with Crippen LogP contribution in [0.1, 0.15) is 106 Å². The average molecular weight is 1210 g/mol. The van der Waals surface area contributed by atoms with E-state index in [2.05, 4.69) is 52.6 Å². The number of amides is 6. The number of nitrogens with zero attached hydrogens (tertiary/aromatic N) is 6. The van der Waals surface area contributed by atoms with Crippen molar-refractivity contribution in [2.75, 3.05) is 106 Å². The van der Waals surface area contributed by atoms with E-state index >= 15 is 0 Å². The maximum absolute atomic E-state index is 13.7. The van der Waals surface area contributed by atoms with Crippen molar-refractivity contribution in [1.29, 1.82) is 0 Å². The van der Waals surface area contributed by atoms with Crippen LogP contribution >= 0.6 is 0 Å². The van der Waals surface area contributed by atoms with Crippen LogP contribution in [0.15, 0.2) is 72.8 Å². The van der Waals surface area contributed by atoms with Crippen LogP contribution in [0.2, 0.25) is 0 Å². The van der Waals surface area contributed by atoms with Crippen molar-refractivity contribution in [3.05, 3.63) is 106 Å². The van der Waals surface area contributed by atoms with E-state index in [4.69, 9.17) is 9.47 Å². The summed E-state index contributed by atoms with van der Waals surface area (Å²) in [5, 5.41) is 13.6. The molecule has 0 bridgehead atoms. The maximum atomic E-state index is 13.7. The van der Waals surface area contributed by atoms with E-state index in [1.54, 1.807) is 12.1 Å². The van der Waals surface area contributed by atoms with Crippen molar-refractivity contribution in [3.8, 4) is 11.5 Å². The molecule has 85 heavy (non-hydrogen) atoms. The van der Waals surface area contributed by atoms with Crippen LogP contribution in [-0.2, 0) is 58.1 Å². The number of urea groups is 2. The second-order valence-corrected chi connectivity index (χ2v) is 27.7. The lowest BCUT2D eigenvalue weighted by Crippen LogP contribution is -2.52. The molecule has 0 atom stereocenters. The monoisotopic (exact) mass is 1210 g/mol. The van der Waals surface area contributed by atoms with Gasteiger partial charge in [-0.15, -0.1) is 0 Å². The summed E-state index contributed by atoms with van der Waals surface area (Å²) in [6.45, 7) is 25.5. The lowest BCUT2D eigenvalue weighted by molar-refractivity contribution is 0.101. The number of aryl methyl sites for hydroxylation is 2. The molecule has 2 aliphatic heterocycles. The number of nitrogens with one attached hydrogen (secondary N) is 6. The Bertz CT molecular complexity index is 3680. The minimum Gasteiger partial charge on any atom is -0.492 e. The topological polar surface area (TPSA) is 250 Å². The molecule has 6 aromatic rings. The number of ether oxygens (including phenoxy) is 2. The third kappa shape index (κ3) is 16.3. The first-order valence-electron chi connectivity index (χ1n) is 28.5. The molecule has 0 aliphatic carbocycles. The number of anilines is 4. The molecule has 24 heteroatoms. The fourth-order valence-electron chi connectivity index (χ4n) is 10.7. The number of benzene rings is 4. The quantitative estimate of drug-likeness (QED) is 0.0536. The van der Waals surface area contributed by atoms with Crippen molar-refractivity contribution in [2.24, 2.45) is 14.1 Å². The summed E-state index contributed by atoms with van der Waals surface area (Å²) in [5.41, 5.74) is 7.29. The van der Waals surface area contributed by atoms with Crippen molar-refractivity contribution in [1.82, 2.24) is 39.4 Å². The van der Waals surface area contributed by atoms with Crippen LogP contribution < -0.4 is 40.2 Å². The number of hydrogen-bond donors (Lipinski definition) is 6. The Morgan fingerprint density at radius 1 is 0.553 bits per heavy atom. The number of aromatic nitrogens is 2. The standard InChI is InChI=1S/C31H44N6O5S.C30H42N6O5S/c1-20(2)32-30(39)37-14-12-36(13-15-37)19-22-11-9-10-21-16-26(35(6)27(21)22)29(38)33-24-17-23(31(3,4)5)18-25(28(24)42-7)34-43(8,40)41;1-8-31-29(38)36-14-12-35(13-15-36)19-21-11-9-10-20-16-25(34(5)26(20)21)28(37)32-23-17-22(30(2,3)4)18-24(27(23)41-6)33-42(7,39)40/h9-11,16-18,20,34H,12-15,19H2,1-8H3,(H,32,39)(H,33,38);9-11,16-18,33H,8,12-15,19H2,1-7H3,(H,31,38)(H,32,37). The second-order valence-electron chi connectivity index (χ2n) is 24.2. The number of rotatable bonds is 16. The number of carbonyl (C=O) groups excluding carboxylic acids is 4. The number of sulfonamides is 2. The van der Waals surface area contributed by atoms with E-state index in [0.29, 0.717) is 68.6 Å². The predicted octanol–water partition coefficient (Wildman–Crippen LogP) is 8.30. The highest BCUT2D eigenvalue weighted by atomic mass is 32.2. The molecule has 2 aliphatic rings. The Hall–Kier alpha value is -7.54. The molecule has 8 rings (SSSR count). The molecule has 462 valence electrons. The first-order chi connectivity index (χ1) is 39.8. The highest BCUT2D eigenvalue weighted by Gasteiger charge is 2.29. The molecular weight excluding hydrogens is 1120 g/mol. The molecule has 6 N–H and O–H groups in total. The summed E-state index contributed by atoms with van der Waals surface area (Å²) >= 11 is 0. The summed E-state index contributed by atoms with van der Waals surface area (Å²) in [7, 11) is -0.574. The van der Waals surface area contributed by atoms with E-state index in [1.165, 1.54) is 14.2 Å². The summed E-state index contributed by atoms with van der Waals surface area (Å²) < 4.78 is 68.4. The Morgan fingerprint density at radius 2 is 0.918 bits per heavy atom. The van der Waals surface area contributed by atoms with Crippen LogP contribution in [0.25, 0.3) is 21.8 Å². The minimum absolute atomic E-state index is 0.0266. The third-order valence-corrected chi connectivity index (χ3v) is 16.2. The zero-order valence-corrected chi connectivity index (χ0v) is 53.5. The summed E-state index contributed by atoms with van der Waals surface area (Å²) in [6.07, 6.45) is 2.15. The Balaban J connectivity index is 0.000000244. The van der Waals surface area contributed by atoms with Gasteiger partial charge in [-0.1, -0.05) is 77.9 Å². The molecule has 2 aromatic heterocycles. The zero-order valence-electron chi connectivity index (χ0n) is 51.9. The first kappa shape index (κ1) is 65.0. The van der Waals surface area contributed by atoms with Crippen LogP contribution in [-0.4, -0.2) is 161 Å². The maximum Gasteiger partial charge on any atom is 0.317 e. The van der Waals surface area contributed by atoms with Crippen LogP contribution in [0.4, 0.5) is 32.3 Å². The summed E-state index contributed by atoms with van der Waals surface area (Å²) in [5.74, 6) is -0.227. The third-order valence-electron chi connectivity index (χ3n) is 15.0. The molecule has 0 radical (unpaired) electrons. The molecule has 4 heterocycles. The van der Waals surface area contributed by atoms with Gasteiger partial charge in [0.05, 0.1) is 60.5 Å². The van der Waals surface area contributed by atoms with Crippen LogP contribution in [0, 0.1) is 0 Å². The largest absolute Gasteiger partial charge is 0.492 e. The number of fused-ring (bicyclic) bond motifs is 2. The molecule has 0 unspecified atom stereocenters. The second kappa shape index (κ2) is 26.4. The molecule has 0 spiro atoms. The van der Waals surface area contributed by atoms with E-state index in [-0.39, 0.29) is 63.6 Å². The normalized spacial score (nSPS) is 14.6. The van der Waals surface area contributed by atoms with Gasteiger partial charge in [0.25, 0.3) is 11.8 Å². The van der Waals surface area contributed by atoms with Crippen LogP contribution in [0.3, 0.4) is 0 Å². The van der Waals surface area contributed by atoms with Gasteiger partial charge < -0.3 is 49.7 Å². The van der Waals surface area contributed by atoms with Gasteiger partial charge in [-0.3, -0.25) is 28.8 Å². The SMILES string of the molecule is CCNC(=O)N1CCN(Cc2cccc3cc(C(=O)Nc4cc(C(C)(C)C)cc(NS(C)(=O)=O)c4OC)n(C)c23)CC1.COc1c(NC(=O)c2cc3cccc(CN4CCN(C(=O)NC(C)C)CC4)c3n2C)cc(C(C)(C)C)cc1NS(C)(=O)=O. The van der Waals surface area contributed by atoms with E-state index in [0.717, 1.165) is 82.8 Å². The fraction of sp³-hybridized carbons (Fsp3) is 0.475. The highest BCUT2D eigenvalue weighted by Crippen LogP contribution is 2.41. The van der Waals surface area contributed by atoms with Crippen molar-refractivity contribution >= 4 is 88.5 Å². The van der Waals surface area contributed by atoms with Gasteiger partial charge in [-0.05, 0) is 90.3 Å². The lowest BCUT2D eigenvalue weighted by Gasteiger charge is -2.35. The Kier molecular flexibility index (Phi) is 20.2. The number of carbonyl (C=O) groups is 4. The Morgan fingerprint density at radius 3 is 1.25 bits per heavy atom. The number of methoxy groups -OCH3 is 2. The summed E-state index contributed by atoms with van der Waals surface area (Å²) in [4.78, 5) is 60.3. The first-order valence-corrected chi connectivity index (χ1v) is 32.3. The lowest BCUT2D eigenvalue weighted by atomic mass is 9.86. The zero-order chi connectivity index (χ0) is 62.5. The smallest absolute Gasteiger partial charge is 0.317 e. The van der Waals surface area contributed by atoms with E-state index < -0.39 is 20.0 Å². The van der Waals surface area contributed by atoms with Gasteiger partial charge in [-0.25, -0.2) is 26.4 Å². The highest BCUT2D eigenvalue weighted by molar-refractivity contribution is 7.92. The number of para-hydroxylation sites is 2. The fourth-order valence-corrected chi connectivity index (χ4v) is 11.8.